The molecule has 1 amide bonds. The van der Waals surface area contributed by atoms with Crippen LogP contribution in [-0.4, -0.2) is 53.5 Å². The fraction of sp³-hybridized carbons (Fsp3) is 0.400. The van der Waals surface area contributed by atoms with Gasteiger partial charge in [0.15, 0.2) is 11.5 Å². The summed E-state index contributed by atoms with van der Waals surface area (Å²) in [4.78, 5) is 12.7. The van der Waals surface area contributed by atoms with Crippen LogP contribution in [-0.2, 0) is 4.79 Å². The summed E-state index contributed by atoms with van der Waals surface area (Å²) in [5.74, 6) is 1.77. The first-order chi connectivity index (χ1) is 17.0. The summed E-state index contributed by atoms with van der Waals surface area (Å²) in [6.07, 6.45) is 2.17. The second kappa shape index (κ2) is 12.2. The summed E-state index contributed by atoms with van der Waals surface area (Å²) < 4.78 is 21.9. The van der Waals surface area contributed by atoms with Gasteiger partial charge in [0.2, 0.25) is 11.7 Å². The van der Waals surface area contributed by atoms with E-state index in [4.69, 9.17) is 30.4 Å². The molecule has 0 saturated carbocycles. The van der Waals surface area contributed by atoms with Gasteiger partial charge in [-0.2, -0.15) is 10.2 Å². The average Bonchev–Trinajstić information content (AvgIpc) is 3.37. The van der Waals surface area contributed by atoms with Crippen LogP contribution in [0.4, 0.5) is 5.69 Å². The molecular formula is C25H33N5O5. The highest BCUT2D eigenvalue weighted by atomic mass is 16.5. The van der Waals surface area contributed by atoms with E-state index in [2.05, 4.69) is 15.5 Å². The number of amides is 1. The van der Waals surface area contributed by atoms with Crippen LogP contribution in [0.25, 0.3) is 11.3 Å². The maximum Gasteiger partial charge on any atom is 0.241 e. The van der Waals surface area contributed by atoms with Gasteiger partial charge in [-0.25, -0.2) is 0 Å². The van der Waals surface area contributed by atoms with Crippen molar-refractivity contribution in [1.82, 2.24) is 0 Å². The van der Waals surface area contributed by atoms with Gasteiger partial charge in [0.25, 0.3) is 0 Å². The van der Waals surface area contributed by atoms with Gasteiger partial charge < -0.3 is 35.7 Å². The Bertz CT molecular complexity index is 1090. The van der Waals surface area contributed by atoms with Crippen molar-refractivity contribution in [2.45, 2.75) is 25.3 Å². The van der Waals surface area contributed by atoms with Crippen LogP contribution in [0.15, 0.2) is 40.6 Å². The molecule has 0 radical (unpaired) electrons. The van der Waals surface area contributed by atoms with Crippen molar-refractivity contribution in [2.75, 3.05) is 46.8 Å². The third-order valence-corrected chi connectivity index (χ3v) is 5.74. The van der Waals surface area contributed by atoms with Gasteiger partial charge in [-0.15, -0.1) is 0 Å². The van der Waals surface area contributed by atoms with Crippen LogP contribution < -0.4 is 35.7 Å². The highest BCUT2D eigenvalue weighted by Crippen LogP contribution is 2.43. The number of nitrogens with zero attached hydrogens (tertiary/aromatic N) is 2. The smallest absolute Gasteiger partial charge is 0.241 e. The minimum absolute atomic E-state index is 0.280. The Labute approximate surface area is 205 Å². The largest absolute Gasteiger partial charge is 0.495 e. The summed E-state index contributed by atoms with van der Waals surface area (Å²) in [5.41, 5.74) is 15.3. The molecule has 1 atom stereocenters. The summed E-state index contributed by atoms with van der Waals surface area (Å²) in [7, 11) is 6.22. The number of azo groups is 1. The van der Waals surface area contributed by atoms with Crippen LogP contribution in [0, 0.1) is 0 Å². The van der Waals surface area contributed by atoms with Crippen LogP contribution >= 0.6 is 0 Å². The number of unbranched alkanes of at least 4 members (excludes halogenated alkanes) is 1. The van der Waals surface area contributed by atoms with E-state index in [0.29, 0.717) is 53.9 Å². The lowest BCUT2D eigenvalue weighted by atomic mass is 9.99. The van der Waals surface area contributed by atoms with Crippen LogP contribution in [0.1, 0.15) is 30.4 Å². The molecule has 3 rings (SSSR count). The fourth-order valence-electron chi connectivity index (χ4n) is 3.85. The zero-order chi connectivity index (χ0) is 25.4. The van der Waals surface area contributed by atoms with E-state index in [1.807, 2.05) is 24.3 Å². The molecule has 0 bridgehead atoms. The maximum absolute atomic E-state index is 12.7. The summed E-state index contributed by atoms with van der Waals surface area (Å²) in [5, 5.41) is 11.5. The average molecular weight is 484 g/mol. The number of carbonyl (C=O) groups excluding carboxylic acids is 1. The Balaban J connectivity index is 1.97. The topological polar surface area (TPSA) is 143 Å². The first-order valence-corrected chi connectivity index (χ1v) is 11.3. The molecule has 188 valence electrons. The number of carbonyl (C=O) groups is 1. The molecule has 1 aliphatic rings. The number of nitrogens with one attached hydrogen (secondary N) is 1. The number of ether oxygens (including phenoxy) is 4. The Morgan fingerprint density at radius 2 is 1.66 bits per heavy atom. The molecule has 0 saturated heterocycles. The highest BCUT2D eigenvalue weighted by Gasteiger charge is 2.22. The molecule has 0 aromatic heterocycles. The van der Waals surface area contributed by atoms with Crippen LogP contribution in [0.3, 0.4) is 0 Å². The molecule has 2 aromatic rings. The van der Waals surface area contributed by atoms with Crippen LogP contribution in [0.5, 0.6) is 23.0 Å². The molecule has 35 heavy (non-hydrogen) atoms. The Morgan fingerprint density at radius 3 is 2.26 bits per heavy atom. The van der Waals surface area contributed by atoms with Gasteiger partial charge in [0, 0.05) is 11.1 Å². The minimum atomic E-state index is -0.639. The maximum atomic E-state index is 12.7. The quantitative estimate of drug-likeness (QED) is 0.392. The van der Waals surface area contributed by atoms with E-state index >= 15 is 0 Å². The van der Waals surface area contributed by atoms with Crippen molar-refractivity contribution in [3.05, 3.63) is 41.5 Å². The predicted octanol–water partition coefficient (Wildman–Crippen LogP) is 3.45. The van der Waals surface area contributed by atoms with Gasteiger partial charge >= 0.3 is 0 Å². The molecule has 0 fully saturated rings. The SMILES string of the molecule is COc1ccc(C2=C(c3cc(OC)c(OC)c(OC)c3)N=NC2)cc1NC(=O)C(N)CCCCN. The summed E-state index contributed by atoms with van der Waals surface area (Å²) in [6, 6.07) is 8.55. The van der Waals surface area contributed by atoms with E-state index in [0.717, 1.165) is 29.5 Å². The zero-order valence-corrected chi connectivity index (χ0v) is 20.6. The van der Waals surface area contributed by atoms with Crippen molar-refractivity contribution in [2.24, 2.45) is 21.7 Å². The lowest BCUT2D eigenvalue weighted by Gasteiger charge is -2.16. The van der Waals surface area contributed by atoms with E-state index in [-0.39, 0.29) is 5.91 Å². The zero-order valence-electron chi connectivity index (χ0n) is 20.6. The highest BCUT2D eigenvalue weighted by molar-refractivity contribution is 5.98. The third-order valence-electron chi connectivity index (χ3n) is 5.74. The molecule has 10 heteroatoms. The van der Waals surface area contributed by atoms with E-state index in [9.17, 15) is 4.79 Å². The van der Waals surface area contributed by atoms with Crippen molar-refractivity contribution in [3.63, 3.8) is 0 Å². The van der Waals surface area contributed by atoms with Crippen molar-refractivity contribution in [3.8, 4) is 23.0 Å². The minimum Gasteiger partial charge on any atom is -0.495 e. The first-order valence-electron chi connectivity index (χ1n) is 11.3. The Kier molecular flexibility index (Phi) is 9.04. The monoisotopic (exact) mass is 483 g/mol. The number of hydrogen-bond donors (Lipinski definition) is 3. The molecule has 10 nitrogen and oxygen atoms in total. The van der Waals surface area contributed by atoms with Crippen molar-refractivity contribution in [1.29, 1.82) is 0 Å². The summed E-state index contributed by atoms with van der Waals surface area (Å²) >= 11 is 0. The molecule has 0 aliphatic carbocycles. The standard InChI is InChI=1S/C25H33N5O5/c1-32-20-9-8-15(11-19(20)29-25(31)18(27)7-5-6-10-26)17-14-28-30-23(17)16-12-21(33-2)24(35-4)22(13-16)34-3/h8-9,11-13,18H,5-7,10,14,26-27H2,1-4H3,(H,29,31). The Morgan fingerprint density at radius 1 is 0.971 bits per heavy atom. The van der Waals surface area contributed by atoms with Crippen molar-refractivity contribution < 1.29 is 23.7 Å². The number of hydrogen-bond acceptors (Lipinski definition) is 9. The lowest BCUT2D eigenvalue weighted by molar-refractivity contribution is -0.117. The number of rotatable bonds is 12. The molecule has 1 heterocycles. The fourth-order valence-corrected chi connectivity index (χ4v) is 3.85. The normalized spacial score (nSPS) is 13.5. The second-order valence-corrected chi connectivity index (χ2v) is 7.94. The van der Waals surface area contributed by atoms with Gasteiger partial charge in [0.1, 0.15) is 5.75 Å². The number of benzene rings is 2. The van der Waals surface area contributed by atoms with Gasteiger partial charge in [-0.3, -0.25) is 4.79 Å². The number of anilines is 1. The lowest BCUT2D eigenvalue weighted by Crippen LogP contribution is -2.35. The summed E-state index contributed by atoms with van der Waals surface area (Å²) in [6.45, 7) is 0.952. The molecule has 0 spiro atoms. The molecular weight excluding hydrogens is 450 g/mol. The van der Waals surface area contributed by atoms with E-state index in [1.54, 1.807) is 34.5 Å². The Hall–Kier alpha value is -3.63. The predicted molar refractivity (Wildman–Crippen MR) is 135 cm³/mol. The third kappa shape index (κ3) is 5.90. The van der Waals surface area contributed by atoms with E-state index < -0.39 is 6.04 Å². The first kappa shape index (κ1) is 26.0. The molecule has 1 aliphatic heterocycles. The number of methoxy groups -OCH3 is 4. The number of nitrogens with two attached hydrogens (primary N) is 2. The van der Waals surface area contributed by atoms with Gasteiger partial charge in [0.05, 0.1) is 52.4 Å². The second-order valence-electron chi connectivity index (χ2n) is 7.94. The van der Waals surface area contributed by atoms with Gasteiger partial charge in [-0.05, 0) is 49.2 Å². The molecule has 5 N–H and O–H groups in total. The van der Waals surface area contributed by atoms with E-state index in [1.165, 1.54) is 0 Å². The van der Waals surface area contributed by atoms with Crippen molar-refractivity contribution >= 4 is 22.9 Å². The van der Waals surface area contributed by atoms with Gasteiger partial charge in [-0.1, -0.05) is 12.5 Å². The van der Waals surface area contributed by atoms with Crippen LogP contribution in [0.2, 0.25) is 0 Å². The molecule has 2 aromatic carbocycles. The molecule has 1 unspecified atom stereocenters.